The normalized spacial score (nSPS) is 11.2. The van der Waals surface area contributed by atoms with E-state index in [1.807, 2.05) is 32.0 Å². The third-order valence-electron chi connectivity index (χ3n) is 3.23. The van der Waals surface area contributed by atoms with Gasteiger partial charge in [0.15, 0.2) is 0 Å². The minimum atomic E-state index is -0.160. The number of rotatable bonds is 1. The molecule has 0 aliphatic carbocycles. The molecule has 0 spiro atoms. The van der Waals surface area contributed by atoms with Crippen LogP contribution >= 0.6 is 38.9 Å². The highest BCUT2D eigenvalue weighted by molar-refractivity contribution is 9.10. The van der Waals surface area contributed by atoms with Gasteiger partial charge in [-0.15, -0.1) is 11.3 Å². The lowest BCUT2D eigenvalue weighted by Crippen LogP contribution is -2.11. The van der Waals surface area contributed by atoms with E-state index in [1.54, 1.807) is 0 Å². The first kappa shape index (κ1) is 13.8. The second-order valence-electron chi connectivity index (χ2n) is 4.58. The fourth-order valence-electron chi connectivity index (χ4n) is 2.27. The molecule has 0 aliphatic heterocycles. The molecule has 0 saturated carbocycles. The molecule has 6 heteroatoms. The molecule has 3 nitrogen and oxygen atoms in total. The molecule has 0 amide bonds. The molecular weight excluding hydrogens is 360 g/mol. The average molecular weight is 370 g/mol. The lowest BCUT2D eigenvalue weighted by Gasteiger charge is -2.08. The molecule has 0 bridgehead atoms. The molecule has 0 saturated heterocycles. The van der Waals surface area contributed by atoms with Gasteiger partial charge in [-0.25, -0.2) is 5.10 Å². The Morgan fingerprint density at radius 2 is 1.90 bits per heavy atom. The van der Waals surface area contributed by atoms with Crippen molar-refractivity contribution in [2.75, 3.05) is 0 Å². The summed E-state index contributed by atoms with van der Waals surface area (Å²) < 4.78 is 1.51. The number of thiophene rings is 1. The zero-order valence-electron chi connectivity index (χ0n) is 10.8. The first-order chi connectivity index (χ1) is 9.49. The fraction of sp³-hybridized carbons (Fsp3) is 0.143. The predicted molar refractivity (Wildman–Crippen MR) is 87.9 cm³/mol. The van der Waals surface area contributed by atoms with E-state index in [0.717, 1.165) is 31.6 Å². The van der Waals surface area contributed by atoms with E-state index in [4.69, 9.17) is 11.6 Å². The van der Waals surface area contributed by atoms with Crippen LogP contribution in [0.15, 0.2) is 27.5 Å². The molecule has 0 radical (unpaired) electrons. The summed E-state index contributed by atoms with van der Waals surface area (Å²) in [5.41, 5.74) is 2.57. The van der Waals surface area contributed by atoms with Crippen LogP contribution in [0.2, 0.25) is 4.34 Å². The van der Waals surface area contributed by atoms with E-state index >= 15 is 0 Å². The maximum absolute atomic E-state index is 12.1. The van der Waals surface area contributed by atoms with Crippen molar-refractivity contribution in [3.63, 3.8) is 0 Å². The molecule has 102 valence electrons. The number of nitrogens with zero attached hydrogens (tertiary/aromatic N) is 1. The largest absolute Gasteiger partial charge is 0.272 e. The topological polar surface area (TPSA) is 45.8 Å². The number of aromatic nitrogens is 2. The van der Waals surface area contributed by atoms with Crippen molar-refractivity contribution in [3.05, 3.63) is 48.5 Å². The number of nitrogens with one attached hydrogen (secondary N) is 1. The summed E-state index contributed by atoms with van der Waals surface area (Å²) in [6.07, 6.45) is 0. The quantitative estimate of drug-likeness (QED) is 0.676. The van der Waals surface area contributed by atoms with Crippen LogP contribution in [0.3, 0.4) is 0 Å². The summed E-state index contributed by atoms with van der Waals surface area (Å²) in [5, 5.41) is 8.39. The summed E-state index contributed by atoms with van der Waals surface area (Å²) in [6.45, 7) is 3.91. The summed E-state index contributed by atoms with van der Waals surface area (Å²) in [7, 11) is 0. The number of benzene rings is 1. The molecule has 2 heterocycles. The minimum absolute atomic E-state index is 0.160. The lowest BCUT2D eigenvalue weighted by molar-refractivity contribution is 1.02. The van der Waals surface area contributed by atoms with E-state index in [1.165, 1.54) is 11.3 Å². The highest BCUT2D eigenvalue weighted by Crippen LogP contribution is 2.39. The summed E-state index contributed by atoms with van der Waals surface area (Å²) in [4.78, 5) is 13.0. The molecule has 3 aromatic rings. The lowest BCUT2D eigenvalue weighted by atomic mass is 10.0. The number of H-pyrrole nitrogens is 1. The Hall–Kier alpha value is -1.17. The Kier molecular flexibility index (Phi) is 3.44. The Balaban J connectivity index is 2.46. The monoisotopic (exact) mass is 368 g/mol. The molecule has 3 rings (SSSR count). The van der Waals surface area contributed by atoms with Gasteiger partial charge in [0.05, 0.1) is 10.3 Å². The van der Waals surface area contributed by atoms with Gasteiger partial charge in [0.25, 0.3) is 5.56 Å². The van der Waals surface area contributed by atoms with Crippen molar-refractivity contribution in [2.24, 2.45) is 0 Å². The van der Waals surface area contributed by atoms with E-state index in [2.05, 4.69) is 26.1 Å². The summed E-state index contributed by atoms with van der Waals surface area (Å²) >= 11 is 10.9. The van der Waals surface area contributed by atoms with Gasteiger partial charge in [0.1, 0.15) is 10.0 Å². The van der Waals surface area contributed by atoms with Crippen molar-refractivity contribution < 1.29 is 0 Å². The second-order valence-corrected chi connectivity index (χ2v) is 7.09. The number of hydrogen-bond acceptors (Lipinski definition) is 3. The van der Waals surface area contributed by atoms with E-state index in [-0.39, 0.29) is 5.56 Å². The van der Waals surface area contributed by atoms with Crippen molar-refractivity contribution in [2.45, 2.75) is 13.8 Å². The standard InChI is InChI=1S/C14H10BrClN2OS/c1-6-3-4-7(2)11-10(6)12(17-18-14(11)19)9-5-8(15)13(16)20-9/h3-5H,1-2H3,(H,18,19). The van der Waals surface area contributed by atoms with Gasteiger partial charge in [-0.05, 0) is 47.0 Å². The molecule has 1 N–H and O–H groups in total. The van der Waals surface area contributed by atoms with Crippen molar-refractivity contribution >= 4 is 49.6 Å². The number of halogens is 2. The SMILES string of the molecule is Cc1ccc(C)c2c(=O)[nH]nc(-c3cc(Br)c(Cl)s3)c12. The van der Waals surface area contributed by atoms with E-state index in [0.29, 0.717) is 9.72 Å². The van der Waals surface area contributed by atoms with Crippen LogP contribution in [0, 0.1) is 13.8 Å². The van der Waals surface area contributed by atoms with Crippen LogP contribution in [0.5, 0.6) is 0 Å². The van der Waals surface area contributed by atoms with Crippen LogP contribution < -0.4 is 5.56 Å². The van der Waals surface area contributed by atoms with Gasteiger partial charge in [-0.3, -0.25) is 4.79 Å². The molecule has 0 aliphatic rings. The maximum atomic E-state index is 12.1. The Morgan fingerprint density at radius 3 is 2.50 bits per heavy atom. The number of fused-ring (bicyclic) bond motifs is 1. The van der Waals surface area contributed by atoms with E-state index in [9.17, 15) is 4.79 Å². The Labute approximate surface area is 132 Å². The van der Waals surface area contributed by atoms with Gasteiger partial charge in [-0.1, -0.05) is 23.7 Å². The predicted octanol–water partition coefficient (Wildman–Crippen LogP) is 4.68. The van der Waals surface area contributed by atoms with Crippen LogP contribution in [-0.2, 0) is 0 Å². The smallest absolute Gasteiger partial charge is 0.267 e. The van der Waals surface area contributed by atoms with Gasteiger partial charge in [0, 0.05) is 9.86 Å². The molecule has 0 atom stereocenters. The maximum Gasteiger partial charge on any atom is 0.272 e. The minimum Gasteiger partial charge on any atom is -0.267 e. The van der Waals surface area contributed by atoms with Crippen LogP contribution in [0.25, 0.3) is 21.3 Å². The second kappa shape index (κ2) is 4.98. The molecule has 0 unspecified atom stereocenters. The zero-order valence-corrected chi connectivity index (χ0v) is 13.9. The van der Waals surface area contributed by atoms with E-state index < -0.39 is 0 Å². The Morgan fingerprint density at radius 1 is 1.25 bits per heavy atom. The first-order valence-corrected chi connectivity index (χ1v) is 7.91. The number of hydrogen-bond donors (Lipinski definition) is 1. The first-order valence-electron chi connectivity index (χ1n) is 5.93. The van der Waals surface area contributed by atoms with Crippen LogP contribution in [0.1, 0.15) is 11.1 Å². The molecule has 2 aromatic heterocycles. The molecule has 1 aromatic carbocycles. The summed E-state index contributed by atoms with van der Waals surface area (Å²) in [5.74, 6) is 0. The third kappa shape index (κ3) is 2.10. The highest BCUT2D eigenvalue weighted by Gasteiger charge is 2.15. The van der Waals surface area contributed by atoms with Crippen molar-refractivity contribution in [1.82, 2.24) is 10.2 Å². The molecular formula is C14H10BrClN2OS. The third-order valence-corrected chi connectivity index (χ3v) is 5.72. The number of aromatic amines is 1. The van der Waals surface area contributed by atoms with Crippen LogP contribution in [0.4, 0.5) is 0 Å². The summed E-state index contributed by atoms with van der Waals surface area (Å²) in [6, 6.07) is 5.88. The zero-order chi connectivity index (χ0) is 14.4. The van der Waals surface area contributed by atoms with Crippen LogP contribution in [-0.4, -0.2) is 10.2 Å². The number of aryl methyl sites for hydroxylation is 2. The van der Waals surface area contributed by atoms with Gasteiger partial charge in [-0.2, -0.15) is 5.10 Å². The fourth-order valence-corrected chi connectivity index (χ4v) is 3.97. The highest BCUT2D eigenvalue weighted by atomic mass is 79.9. The van der Waals surface area contributed by atoms with Crippen molar-refractivity contribution in [1.29, 1.82) is 0 Å². The van der Waals surface area contributed by atoms with Gasteiger partial charge < -0.3 is 0 Å². The van der Waals surface area contributed by atoms with Gasteiger partial charge >= 0.3 is 0 Å². The van der Waals surface area contributed by atoms with Crippen molar-refractivity contribution in [3.8, 4) is 10.6 Å². The molecule has 0 fully saturated rings. The molecule has 20 heavy (non-hydrogen) atoms. The Bertz CT molecular complexity index is 865. The van der Waals surface area contributed by atoms with Gasteiger partial charge in [0.2, 0.25) is 0 Å². The average Bonchev–Trinajstić information content (AvgIpc) is 2.74.